The van der Waals surface area contributed by atoms with Crippen LogP contribution in [0.4, 0.5) is 13.2 Å². The van der Waals surface area contributed by atoms with Gasteiger partial charge >= 0.3 is 12.1 Å². The van der Waals surface area contributed by atoms with E-state index in [0.29, 0.717) is 0 Å². The number of ether oxygens (including phenoxy) is 1. The minimum absolute atomic E-state index is 0.0385. The van der Waals surface area contributed by atoms with Gasteiger partial charge in [0.1, 0.15) is 5.75 Å². The molecule has 0 radical (unpaired) electrons. The normalized spacial score (nSPS) is 11.3. The molecule has 88 valence electrons. The maximum Gasteiger partial charge on any atom is 0.416 e. The molecular formula is C10H10F3NO2. The Morgan fingerprint density at radius 3 is 2.50 bits per heavy atom. The molecule has 0 aliphatic rings. The van der Waals surface area contributed by atoms with Crippen LogP contribution in [0.1, 0.15) is 18.1 Å². The molecule has 0 heterocycles. The van der Waals surface area contributed by atoms with E-state index < -0.39 is 17.7 Å². The monoisotopic (exact) mass is 233 g/mol. The van der Waals surface area contributed by atoms with Gasteiger partial charge in [-0.2, -0.15) is 13.2 Å². The van der Waals surface area contributed by atoms with Crippen LogP contribution in [-0.2, 0) is 17.5 Å². The molecule has 0 saturated carbocycles. The van der Waals surface area contributed by atoms with E-state index in [1.807, 2.05) is 0 Å². The minimum Gasteiger partial charge on any atom is -0.427 e. The first-order valence-corrected chi connectivity index (χ1v) is 4.43. The van der Waals surface area contributed by atoms with Gasteiger partial charge in [-0.15, -0.1) is 0 Å². The minimum atomic E-state index is -4.51. The third kappa shape index (κ3) is 2.96. The Balaban J connectivity index is 3.16. The summed E-state index contributed by atoms with van der Waals surface area (Å²) in [5.74, 6) is -0.814. The average Bonchev–Trinajstić information content (AvgIpc) is 2.15. The second-order valence-corrected chi connectivity index (χ2v) is 3.11. The standard InChI is InChI=1S/C10H10F3NO2/c1-6(15)16-8-3-2-7(5-14)9(4-8)10(11,12)13/h2-4H,5,14H2,1H3. The van der Waals surface area contributed by atoms with Crippen LogP contribution in [0.5, 0.6) is 5.75 Å². The van der Waals surface area contributed by atoms with Gasteiger partial charge in [0.2, 0.25) is 0 Å². The number of benzene rings is 1. The van der Waals surface area contributed by atoms with E-state index in [1.165, 1.54) is 12.1 Å². The molecule has 0 aromatic heterocycles. The Hall–Kier alpha value is -1.56. The van der Waals surface area contributed by atoms with Gasteiger partial charge < -0.3 is 10.5 Å². The van der Waals surface area contributed by atoms with Crippen molar-refractivity contribution >= 4 is 5.97 Å². The van der Waals surface area contributed by atoms with Gasteiger partial charge in [-0.1, -0.05) is 6.07 Å². The molecule has 16 heavy (non-hydrogen) atoms. The maximum absolute atomic E-state index is 12.6. The lowest BCUT2D eigenvalue weighted by molar-refractivity contribution is -0.139. The summed E-state index contributed by atoms with van der Waals surface area (Å²) in [6.45, 7) is 0.888. The zero-order chi connectivity index (χ0) is 12.3. The Morgan fingerprint density at radius 1 is 1.44 bits per heavy atom. The van der Waals surface area contributed by atoms with E-state index in [2.05, 4.69) is 4.74 Å². The van der Waals surface area contributed by atoms with E-state index in [1.54, 1.807) is 0 Å². The van der Waals surface area contributed by atoms with E-state index >= 15 is 0 Å². The van der Waals surface area contributed by atoms with Crippen molar-refractivity contribution in [3.63, 3.8) is 0 Å². The van der Waals surface area contributed by atoms with Crippen LogP contribution in [0, 0.1) is 0 Å². The SMILES string of the molecule is CC(=O)Oc1ccc(CN)c(C(F)(F)F)c1. The number of hydrogen-bond acceptors (Lipinski definition) is 3. The topological polar surface area (TPSA) is 52.3 Å². The number of halogens is 3. The molecule has 0 saturated heterocycles. The van der Waals surface area contributed by atoms with Gasteiger partial charge in [0.25, 0.3) is 0 Å². The molecule has 0 spiro atoms. The first-order valence-electron chi connectivity index (χ1n) is 4.43. The molecule has 3 nitrogen and oxygen atoms in total. The number of esters is 1. The van der Waals surface area contributed by atoms with E-state index in [9.17, 15) is 18.0 Å². The van der Waals surface area contributed by atoms with Crippen LogP contribution in [0.2, 0.25) is 0 Å². The predicted octanol–water partition coefficient (Wildman–Crippen LogP) is 2.09. The highest BCUT2D eigenvalue weighted by Gasteiger charge is 2.33. The van der Waals surface area contributed by atoms with E-state index in [4.69, 9.17) is 5.73 Å². The highest BCUT2D eigenvalue weighted by molar-refractivity contribution is 5.69. The molecule has 1 aromatic carbocycles. The number of nitrogens with two attached hydrogens (primary N) is 1. The fraction of sp³-hybridized carbons (Fsp3) is 0.300. The fourth-order valence-corrected chi connectivity index (χ4v) is 1.23. The van der Waals surface area contributed by atoms with E-state index in [-0.39, 0.29) is 17.9 Å². The summed E-state index contributed by atoms with van der Waals surface area (Å²) < 4.78 is 42.2. The summed E-state index contributed by atoms with van der Waals surface area (Å²) in [6, 6.07) is 3.24. The van der Waals surface area contributed by atoms with Crippen molar-refractivity contribution in [2.75, 3.05) is 0 Å². The van der Waals surface area contributed by atoms with Crippen molar-refractivity contribution in [2.24, 2.45) is 5.73 Å². The summed E-state index contributed by atoms with van der Waals surface area (Å²) >= 11 is 0. The Bertz CT molecular complexity index is 402. The van der Waals surface area contributed by atoms with Crippen molar-refractivity contribution in [3.05, 3.63) is 29.3 Å². The Kier molecular flexibility index (Phi) is 3.54. The maximum atomic E-state index is 12.6. The predicted molar refractivity (Wildman–Crippen MR) is 50.6 cm³/mol. The lowest BCUT2D eigenvalue weighted by atomic mass is 10.1. The highest BCUT2D eigenvalue weighted by atomic mass is 19.4. The average molecular weight is 233 g/mol. The molecule has 0 fully saturated rings. The summed E-state index contributed by atoms with van der Waals surface area (Å²) in [5.41, 5.74) is 4.27. The summed E-state index contributed by atoms with van der Waals surface area (Å²) in [6.07, 6.45) is -4.51. The van der Waals surface area contributed by atoms with Gasteiger partial charge in [-0.3, -0.25) is 4.79 Å². The lowest BCUT2D eigenvalue weighted by Gasteiger charge is -2.12. The largest absolute Gasteiger partial charge is 0.427 e. The first-order chi connectivity index (χ1) is 7.34. The molecule has 1 aromatic rings. The van der Waals surface area contributed by atoms with E-state index in [0.717, 1.165) is 13.0 Å². The number of carbonyl (C=O) groups excluding carboxylic acids is 1. The van der Waals surface area contributed by atoms with Crippen molar-refractivity contribution < 1.29 is 22.7 Å². The summed E-state index contributed by atoms with van der Waals surface area (Å²) in [4.78, 5) is 10.6. The van der Waals surface area contributed by atoms with Crippen molar-refractivity contribution in [1.29, 1.82) is 0 Å². The molecule has 0 aliphatic carbocycles. The molecule has 1 rings (SSSR count). The van der Waals surface area contributed by atoms with Crippen molar-refractivity contribution in [2.45, 2.75) is 19.6 Å². The molecule has 0 atom stereocenters. The van der Waals surface area contributed by atoms with Gasteiger partial charge in [0.05, 0.1) is 5.56 Å². The molecule has 0 bridgehead atoms. The zero-order valence-electron chi connectivity index (χ0n) is 8.47. The molecule has 2 N–H and O–H groups in total. The second kappa shape index (κ2) is 4.52. The van der Waals surface area contributed by atoms with Crippen LogP contribution in [0.15, 0.2) is 18.2 Å². The van der Waals surface area contributed by atoms with Gasteiger partial charge in [0.15, 0.2) is 0 Å². The highest BCUT2D eigenvalue weighted by Crippen LogP contribution is 2.34. The van der Waals surface area contributed by atoms with Crippen LogP contribution in [-0.4, -0.2) is 5.97 Å². The second-order valence-electron chi connectivity index (χ2n) is 3.11. The van der Waals surface area contributed by atoms with Crippen molar-refractivity contribution in [1.82, 2.24) is 0 Å². The molecule has 0 unspecified atom stereocenters. The van der Waals surface area contributed by atoms with Gasteiger partial charge in [-0.05, 0) is 17.7 Å². The lowest BCUT2D eigenvalue weighted by Crippen LogP contribution is -2.12. The Morgan fingerprint density at radius 2 is 2.06 bits per heavy atom. The summed E-state index contributed by atoms with van der Waals surface area (Å²) in [7, 11) is 0. The van der Waals surface area contributed by atoms with Crippen molar-refractivity contribution in [3.8, 4) is 5.75 Å². The third-order valence-corrected chi connectivity index (χ3v) is 1.87. The number of rotatable bonds is 2. The van der Waals surface area contributed by atoms with Crippen LogP contribution in [0.25, 0.3) is 0 Å². The zero-order valence-corrected chi connectivity index (χ0v) is 8.47. The Labute approximate surface area is 90.0 Å². The quantitative estimate of drug-likeness (QED) is 0.628. The molecule has 0 aliphatic heterocycles. The number of carbonyl (C=O) groups is 1. The smallest absolute Gasteiger partial charge is 0.416 e. The summed E-state index contributed by atoms with van der Waals surface area (Å²) in [5, 5.41) is 0. The first kappa shape index (κ1) is 12.5. The molecular weight excluding hydrogens is 223 g/mol. The molecule has 6 heteroatoms. The van der Waals surface area contributed by atoms with Crippen LogP contribution < -0.4 is 10.5 Å². The fourth-order valence-electron chi connectivity index (χ4n) is 1.23. The van der Waals surface area contributed by atoms with Crippen LogP contribution >= 0.6 is 0 Å². The van der Waals surface area contributed by atoms with Gasteiger partial charge in [-0.25, -0.2) is 0 Å². The number of alkyl halides is 3. The van der Waals surface area contributed by atoms with Crippen LogP contribution in [0.3, 0.4) is 0 Å². The molecule has 0 amide bonds. The number of hydrogen-bond donors (Lipinski definition) is 1. The third-order valence-electron chi connectivity index (χ3n) is 1.87. The van der Waals surface area contributed by atoms with Gasteiger partial charge in [0, 0.05) is 13.5 Å².